The molecule has 1 aromatic heterocycles. The summed E-state index contributed by atoms with van der Waals surface area (Å²) in [6, 6.07) is 8.67. The second-order valence-corrected chi connectivity index (χ2v) is 7.96. The molecule has 0 fully saturated rings. The predicted octanol–water partition coefficient (Wildman–Crippen LogP) is 3.59. The van der Waals surface area contributed by atoms with Gasteiger partial charge in [0.15, 0.2) is 5.82 Å². The minimum Gasteiger partial charge on any atom is -0.485 e. The predicted molar refractivity (Wildman–Crippen MR) is 111 cm³/mol. The van der Waals surface area contributed by atoms with Gasteiger partial charge in [-0.25, -0.2) is 13.5 Å². The molecular formula is C20H21F2N5O2S. The van der Waals surface area contributed by atoms with Crippen molar-refractivity contribution in [3.8, 4) is 5.75 Å². The van der Waals surface area contributed by atoms with E-state index in [1.165, 1.54) is 4.68 Å². The van der Waals surface area contributed by atoms with E-state index in [9.17, 15) is 13.6 Å². The number of amides is 1. The maximum Gasteiger partial charge on any atom is 0.237 e. The SMILES string of the molecule is Cc1cccc(C)c1OCc1nnc(SC(C)C(=O)Nc2cc(F)ccc2F)n1N. The molecule has 158 valence electrons. The topological polar surface area (TPSA) is 95.1 Å². The summed E-state index contributed by atoms with van der Waals surface area (Å²) in [7, 11) is 0. The molecule has 2 aromatic carbocycles. The van der Waals surface area contributed by atoms with Gasteiger partial charge in [0.2, 0.25) is 11.1 Å². The molecule has 0 spiro atoms. The normalized spacial score (nSPS) is 11.9. The average molecular weight is 433 g/mol. The number of anilines is 1. The summed E-state index contributed by atoms with van der Waals surface area (Å²) >= 11 is 1.04. The highest BCUT2D eigenvalue weighted by molar-refractivity contribution is 8.00. The number of ether oxygens (including phenoxy) is 1. The molecule has 0 saturated carbocycles. The fourth-order valence-corrected chi connectivity index (χ4v) is 3.48. The van der Waals surface area contributed by atoms with Crippen molar-refractivity contribution in [2.24, 2.45) is 0 Å². The number of nitrogens with zero attached hydrogens (tertiary/aromatic N) is 3. The highest BCUT2D eigenvalue weighted by Crippen LogP contribution is 2.25. The molecule has 0 radical (unpaired) electrons. The van der Waals surface area contributed by atoms with Crippen LogP contribution in [0.4, 0.5) is 14.5 Å². The van der Waals surface area contributed by atoms with Crippen molar-refractivity contribution in [3.63, 3.8) is 0 Å². The second kappa shape index (κ2) is 9.12. The van der Waals surface area contributed by atoms with Crippen LogP contribution in [0.1, 0.15) is 23.9 Å². The largest absolute Gasteiger partial charge is 0.485 e. The number of nitrogen functional groups attached to an aromatic ring is 1. The Labute approximate surface area is 176 Å². The van der Waals surface area contributed by atoms with Crippen LogP contribution in [0, 0.1) is 25.5 Å². The molecule has 3 rings (SSSR count). The maximum atomic E-state index is 13.7. The first-order chi connectivity index (χ1) is 14.3. The van der Waals surface area contributed by atoms with Gasteiger partial charge in [-0.1, -0.05) is 30.0 Å². The van der Waals surface area contributed by atoms with Crippen LogP contribution in [0.5, 0.6) is 5.75 Å². The third-order valence-electron chi connectivity index (χ3n) is 4.33. The van der Waals surface area contributed by atoms with Gasteiger partial charge < -0.3 is 15.9 Å². The molecule has 0 bridgehead atoms. The van der Waals surface area contributed by atoms with Gasteiger partial charge in [-0.15, -0.1) is 10.2 Å². The van der Waals surface area contributed by atoms with Crippen LogP contribution >= 0.6 is 11.8 Å². The number of nitrogens with one attached hydrogen (secondary N) is 1. The van der Waals surface area contributed by atoms with Gasteiger partial charge in [0.25, 0.3) is 0 Å². The molecule has 0 saturated heterocycles. The fraction of sp³-hybridized carbons (Fsp3) is 0.250. The maximum absolute atomic E-state index is 13.7. The van der Waals surface area contributed by atoms with E-state index in [1.54, 1.807) is 6.92 Å². The number of hydrogen-bond acceptors (Lipinski definition) is 6. The Morgan fingerprint density at radius 1 is 1.23 bits per heavy atom. The Bertz CT molecular complexity index is 1050. The Kier molecular flexibility index (Phi) is 6.56. The number of aryl methyl sites for hydroxylation is 2. The Morgan fingerprint density at radius 3 is 2.63 bits per heavy atom. The number of nitrogens with two attached hydrogens (primary N) is 1. The van der Waals surface area contributed by atoms with Gasteiger partial charge >= 0.3 is 0 Å². The van der Waals surface area contributed by atoms with Crippen molar-refractivity contribution in [3.05, 3.63) is 65.0 Å². The minimum atomic E-state index is -0.727. The van der Waals surface area contributed by atoms with Gasteiger partial charge in [0.05, 0.1) is 10.9 Å². The lowest BCUT2D eigenvalue weighted by Crippen LogP contribution is -2.24. The molecule has 3 N–H and O–H groups in total. The van der Waals surface area contributed by atoms with Crippen molar-refractivity contribution in [1.82, 2.24) is 14.9 Å². The van der Waals surface area contributed by atoms with Crippen LogP contribution < -0.4 is 15.9 Å². The van der Waals surface area contributed by atoms with Crippen LogP contribution in [-0.4, -0.2) is 26.0 Å². The summed E-state index contributed by atoms with van der Waals surface area (Å²) in [5.74, 6) is 5.26. The molecular weight excluding hydrogens is 412 g/mol. The molecule has 1 heterocycles. The standard InChI is InChI=1S/C20H21F2N5O2S/c1-11-5-4-6-12(2)18(11)29-10-17-25-26-20(27(17)23)30-13(3)19(28)24-16-9-14(21)7-8-15(16)22/h4-9,13H,10,23H2,1-3H3,(H,24,28). The Hall–Kier alpha value is -3.14. The lowest BCUT2D eigenvalue weighted by atomic mass is 10.1. The number of rotatable bonds is 7. The Morgan fingerprint density at radius 2 is 1.93 bits per heavy atom. The molecule has 1 amide bonds. The number of para-hydroxylation sites is 1. The smallest absolute Gasteiger partial charge is 0.237 e. The summed E-state index contributed by atoms with van der Waals surface area (Å²) in [5, 5.41) is 9.96. The summed E-state index contributed by atoms with van der Waals surface area (Å²) in [6.45, 7) is 5.58. The van der Waals surface area contributed by atoms with E-state index in [2.05, 4.69) is 15.5 Å². The van der Waals surface area contributed by atoms with Gasteiger partial charge in [-0.05, 0) is 44.0 Å². The van der Waals surface area contributed by atoms with Crippen molar-refractivity contribution in [1.29, 1.82) is 0 Å². The third kappa shape index (κ3) is 4.88. The first-order valence-corrected chi connectivity index (χ1v) is 9.95. The van der Waals surface area contributed by atoms with E-state index in [-0.39, 0.29) is 17.5 Å². The van der Waals surface area contributed by atoms with Gasteiger partial charge in [-0.2, -0.15) is 0 Å². The monoisotopic (exact) mass is 433 g/mol. The van der Waals surface area contributed by atoms with Crippen LogP contribution in [0.3, 0.4) is 0 Å². The quantitative estimate of drug-likeness (QED) is 0.437. The molecule has 10 heteroatoms. The summed E-state index contributed by atoms with van der Waals surface area (Å²) in [5.41, 5.74) is 1.74. The molecule has 0 aliphatic carbocycles. The number of carbonyl (C=O) groups is 1. The number of hydrogen-bond donors (Lipinski definition) is 2. The lowest BCUT2D eigenvalue weighted by Gasteiger charge is -2.13. The summed E-state index contributed by atoms with van der Waals surface area (Å²) in [6.07, 6.45) is 0. The Balaban J connectivity index is 1.64. The van der Waals surface area contributed by atoms with E-state index < -0.39 is 22.8 Å². The zero-order chi connectivity index (χ0) is 21.8. The highest BCUT2D eigenvalue weighted by atomic mass is 32.2. The number of carbonyl (C=O) groups excluding carboxylic acids is 1. The lowest BCUT2D eigenvalue weighted by molar-refractivity contribution is -0.115. The van der Waals surface area contributed by atoms with Crippen molar-refractivity contribution >= 4 is 23.4 Å². The second-order valence-electron chi connectivity index (χ2n) is 6.65. The third-order valence-corrected chi connectivity index (χ3v) is 5.38. The van der Waals surface area contributed by atoms with Crippen LogP contribution in [0.2, 0.25) is 0 Å². The van der Waals surface area contributed by atoms with Crippen LogP contribution in [0.15, 0.2) is 41.6 Å². The van der Waals surface area contributed by atoms with E-state index in [4.69, 9.17) is 10.6 Å². The van der Waals surface area contributed by atoms with Gasteiger partial charge in [0, 0.05) is 6.07 Å². The number of halogens is 2. The van der Waals surface area contributed by atoms with Crippen molar-refractivity contribution < 1.29 is 18.3 Å². The van der Waals surface area contributed by atoms with Crippen LogP contribution in [-0.2, 0) is 11.4 Å². The molecule has 0 aliphatic rings. The molecule has 7 nitrogen and oxygen atoms in total. The van der Waals surface area contributed by atoms with Crippen LogP contribution in [0.25, 0.3) is 0 Å². The average Bonchev–Trinajstić information content (AvgIpc) is 3.04. The number of thioether (sulfide) groups is 1. The minimum absolute atomic E-state index is 0.102. The van der Waals surface area contributed by atoms with Crippen molar-refractivity contribution in [2.45, 2.75) is 37.8 Å². The van der Waals surface area contributed by atoms with Gasteiger partial charge in [0.1, 0.15) is 24.0 Å². The summed E-state index contributed by atoms with van der Waals surface area (Å²) in [4.78, 5) is 12.3. The van der Waals surface area contributed by atoms with E-state index in [0.29, 0.717) is 5.82 Å². The summed E-state index contributed by atoms with van der Waals surface area (Å²) < 4.78 is 34.1. The molecule has 0 aliphatic heterocycles. The number of aromatic nitrogens is 3. The fourth-order valence-electron chi connectivity index (χ4n) is 2.69. The highest BCUT2D eigenvalue weighted by Gasteiger charge is 2.21. The van der Waals surface area contributed by atoms with E-state index in [1.807, 2.05) is 32.0 Å². The molecule has 30 heavy (non-hydrogen) atoms. The number of benzene rings is 2. The van der Waals surface area contributed by atoms with Crippen molar-refractivity contribution in [2.75, 3.05) is 11.2 Å². The zero-order valence-corrected chi connectivity index (χ0v) is 17.5. The van der Waals surface area contributed by atoms with E-state index in [0.717, 1.165) is 46.8 Å². The van der Waals surface area contributed by atoms with E-state index >= 15 is 0 Å². The first kappa shape index (κ1) is 21.6. The first-order valence-electron chi connectivity index (χ1n) is 9.07. The van der Waals surface area contributed by atoms with Gasteiger partial charge in [-0.3, -0.25) is 4.79 Å². The molecule has 1 unspecified atom stereocenters. The molecule has 3 aromatic rings. The zero-order valence-electron chi connectivity index (χ0n) is 16.6. The molecule has 1 atom stereocenters.